The molecule has 0 rings (SSSR count). The molecular weight excluding hydrogens is 284 g/mol. The average molecular weight is 329 g/mol. The molecule has 1 unspecified atom stereocenters. The topological polar surface area (TPSA) is 40.5 Å². The third-order valence-electron chi connectivity index (χ3n) is 4.99. The van der Waals surface area contributed by atoms with Gasteiger partial charge in [0.1, 0.15) is 0 Å². The highest BCUT2D eigenvalue weighted by molar-refractivity contribution is 4.59. The van der Waals surface area contributed by atoms with Crippen LogP contribution in [-0.2, 0) is 0 Å². The molecule has 0 spiro atoms. The van der Waals surface area contributed by atoms with E-state index in [2.05, 4.69) is 6.92 Å². The molecule has 0 aromatic heterocycles. The molecule has 0 aliphatic rings. The summed E-state index contributed by atoms with van der Waals surface area (Å²) in [6.45, 7) is 3.00. The molecule has 2 nitrogen and oxygen atoms in total. The Morgan fingerprint density at radius 3 is 1.30 bits per heavy atom. The van der Waals surface area contributed by atoms with Gasteiger partial charge in [-0.3, -0.25) is 0 Å². The first-order valence-electron chi connectivity index (χ1n) is 10.6. The highest BCUT2D eigenvalue weighted by atomic mass is 16.3. The summed E-state index contributed by atoms with van der Waals surface area (Å²) < 4.78 is 0. The fourth-order valence-corrected chi connectivity index (χ4v) is 3.32. The van der Waals surface area contributed by atoms with Gasteiger partial charge >= 0.3 is 0 Å². The van der Waals surface area contributed by atoms with Crippen LogP contribution in [0.5, 0.6) is 0 Å². The Kier molecular flexibility index (Phi) is 19.9. The smallest absolute Gasteiger partial charge is 0.0459 e. The van der Waals surface area contributed by atoms with Crippen LogP contribution >= 0.6 is 0 Å². The Balaban J connectivity index is 3.28. The fourth-order valence-electron chi connectivity index (χ4n) is 3.32. The highest BCUT2D eigenvalue weighted by Crippen LogP contribution is 2.19. The van der Waals surface area contributed by atoms with Crippen molar-refractivity contribution in [3.05, 3.63) is 0 Å². The molecule has 0 bridgehead atoms. The van der Waals surface area contributed by atoms with E-state index in [9.17, 15) is 5.11 Å². The molecule has 0 saturated heterocycles. The summed E-state index contributed by atoms with van der Waals surface area (Å²) in [6.07, 6.45) is 22.1. The van der Waals surface area contributed by atoms with Crippen molar-refractivity contribution < 1.29 is 10.2 Å². The van der Waals surface area contributed by atoms with Crippen molar-refractivity contribution in [3.8, 4) is 0 Å². The van der Waals surface area contributed by atoms with Crippen LogP contribution in [0.4, 0.5) is 0 Å². The van der Waals surface area contributed by atoms with Crippen molar-refractivity contribution in [2.45, 2.75) is 116 Å². The van der Waals surface area contributed by atoms with E-state index in [1.54, 1.807) is 0 Å². The summed E-state index contributed by atoms with van der Waals surface area (Å²) in [4.78, 5) is 0. The van der Waals surface area contributed by atoms with Gasteiger partial charge in [0.15, 0.2) is 0 Å². The number of aliphatic hydroxyl groups excluding tert-OH is 2. The highest BCUT2D eigenvalue weighted by Gasteiger charge is 2.06. The van der Waals surface area contributed by atoms with E-state index in [1.807, 2.05) is 0 Å². The predicted molar refractivity (Wildman–Crippen MR) is 102 cm³/mol. The molecule has 0 fully saturated rings. The largest absolute Gasteiger partial charge is 0.396 e. The number of aliphatic hydroxyl groups is 2. The van der Waals surface area contributed by atoms with Crippen LogP contribution in [0, 0.1) is 5.92 Å². The van der Waals surface area contributed by atoms with Gasteiger partial charge in [0, 0.05) is 13.2 Å². The SMILES string of the molecule is CCCCCCCCCC(CO)CCCCCCCCCCO. The molecule has 23 heavy (non-hydrogen) atoms. The van der Waals surface area contributed by atoms with Crippen molar-refractivity contribution in [1.29, 1.82) is 0 Å². The van der Waals surface area contributed by atoms with Gasteiger partial charge in [-0.25, -0.2) is 0 Å². The number of rotatable bonds is 19. The van der Waals surface area contributed by atoms with E-state index in [0.717, 1.165) is 6.42 Å². The Labute approximate surface area is 146 Å². The van der Waals surface area contributed by atoms with Gasteiger partial charge < -0.3 is 10.2 Å². The maximum atomic E-state index is 9.50. The van der Waals surface area contributed by atoms with Crippen molar-refractivity contribution >= 4 is 0 Å². The van der Waals surface area contributed by atoms with Gasteiger partial charge in [0.05, 0.1) is 0 Å². The zero-order valence-corrected chi connectivity index (χ0v) is 15.9. The zero-order valence-electron chi connectivity index (χ0n) is 15.9. The van der Waals surface area contributed by atoms with Gasteiger partial charge in [-0.2, -0.15) is 0 Å². The standard InChI is InChI=1S/C21H44O2/c1-2-3-4-5-8-11-14-17-21(20-23)18-15-12-9-6-7-10-13-16-19-22/h21-23H,2-20H2,1H3. The first-order valence-corrected chi connectivity index (χ1v) is 10.6. The maximum absolute atomic E-state index is 9.50. The minimum Gasteiger partial charge on any atom is -0.396 e. The normalized spacial score (nSPS) is 12.7. The van der Waals surface area contributed by atoms with Crippen molar-refractivity contribution in [2.75, 3.05) is 13.2 Å². The molecule has 0 aromatic rings. The summed E-state index contributed by atoms with van der Waals surface area (Å²) in [5.74, 6) is 0.551. The second-order valence-corrected chi connectivity index (χ2v) is 7.30. The van der Waals surface area contributed by atoms with Gasteiger partial charge in [-0.15, -0.1) is 0 Å². The first-order chi connectivity index (χ1) is 11.3. The molecule has 140 valence electrons. The summed E-state index contributed by atoms with van der Waals surface area (Å²) in [7, 11) is 0. The zero-order chi connectivity index (χ0) is 17.0. The second-order valence-electron chi connectivity index (χ2n) is 7.30. The van der Waals surface area contributed by atoms with Crippen molar-refractivity contribution in [2.24, 2.45) is 5.92 Å². The first kappa shape index (κ1) is 22.9. The third kappa shape index (κ3) is 18.1. The van der Waals surface area contributed by atoms with E-state index in [-0.39, 0.29) is 0 Å². The van der Waals surface area contributed by atoms with Gasteiger partial charge in [-0.1, -0.05) is 96.8 Å². The van der Waals surface area contributed by atoms with Crippen LogP contribution in [0.2, 0.25) is 0 Å². The lowest BCUT2D eigenvalue weighted by Crippen LogP contribution is -2.06. The maximum Gasteiger partial charge on any atom is 0.0459 e. The Morgan fingerprint density at radius 2 is 0.913 bits per heavy atom. The molecule has 1 atom stereocenters. The second kappa shape index (κ2) is 20.0. The molecule has 2 heteroatoms. The third-order valence-corrected chi connectivity index (χ3v) is 4.99. The molecule has 0 radical (unpaired) electrons. The van der Waals surface area contributed by atoms with E-state index >= 15 is 0 Å². The van der Waals surface area contributed by atoms with Crippen LogP contribution in [0.3, 0.4) is 0 Å². The lowest BCUT2D eigenvalue weighted by atomic mass is 9.95. The number of hydrogen-bond donors (Lipinski definition) is 2. The van der Waals surface area contributed by atoms with E-state index in [1.165, 1.54) is 103 Å². The van der Waals surface area contributed by atoms with E-state index in [4.69, 9.17) is 5.11 Å². The molecule has 2 N–H and O–H groups in total. The summed E-state index contributed by atoms with van der Waals surface area (Å²) in [5.41, 5.74) is 0. The molecule has 0 aliphatic heterocycles. The van der Waals surface area contributed by atoms with Crippen molar-refractivity contribution in [3.63, 3.8) is 0 Å². The van der Waals surface area contributed by atoms with Crippen molar-refractivity contribution in [1.82, 2.24) is 0 Å². The van der Waals surface area contributed by atoms with Gasteiger partial charge in [0.2, 0.25) is 0 Å². The monoisotopic (exact) mass is 328 g/mol. The molecular formula is C21H44O2. The molecule has 0 saturated carbocycles. The molecule has 0 heterocycles. The van der Waals surface area contributed by atoms with Gasteiger partial charge in [0.25, 0.3) is 0 Å². The lowest BCUT2D eigenvalue weighted by molar-refractivity contribution is 0.204. The lowest BCUT2D eigenvalue weighted by Gasteiger charge is -2.13. The van der Waals surface area contributed by atoms with E-state index < -0.39 is 0 Å². The summed E-state index contributed by atoms with van der Waals surface area (Å²) in [6, 6.07) is 0. The summed E-state index contributed by atoms with van der Waals surface area (Å²) >= 11 is 0. The minimum atomic E-state index is 0.349. The number of unbranched alkanes of at least 4 members (excludes halogenated alkanes) is 13. The van der Waals surface area contributed by atoms with Crippen LogP contribution in [-0.4, -0.2) is 23.4 Å². The Bertz CT molecular complexity index is 206. The Morgan fingerprint density at radius 1 is 0.522 bits per heavy atom. The molecule has 0 aliphatic carbocycles. The van der Waals surface area contributed by atoms with Crippen LogP contribution in [0.15, 0.2) is 0 Å². The van der Waals surface area contributed by atoms with Crippen LogP contribution in [0.25, 0.3) is 0 Å². The summed E-state index contributed by atoms with van der Waals surface area (Å²) in [5, 5.41) is 18.2. The number of hydrogen-bond acceptors (Lipinski definition) is 2. The molecule has 0 amide bonds. The average Bonchev–Trinajstić information content (AvgIpc) is 2.57. The minimum absolute atomic E-state index is 0.349. The Hall–Kier alpha value is -0.0800. The van der Waals surface area contributed by atoms with Crippen LogP contribution in [0.1, 0.15) is 116 Å². The molecule has 0 aromatic carbocycles. The fraction of sp³-hybridized carbons (Fsp3) is 1.00. The van der Waals surface area contributed by atoms with E-state index in [0.29, 0.717) is 19.1 Å². The predicted octanol–water partition coefficient (Wildman–Crippen LogP) is 6.24. The van der Waals surface area contributed by atoms with Crippen LogP contribution < -0.4 is 0 Å². The quantitative estimate of drug-likeness (QED) is 0.276. The van der Waals surface area contributed by atoms with Gasteiger partial charge in [-0.05, 0) is 25.2 Å².